The maximum Gasteiger partial charge on any atom is 0.234 e. The van der Waals surface area contributed by atoms with Crippen LogP contribution in [-0.4, -0.2) is 28.9 Å². The van der Waals surface area contributed by atoms with Crippen LogP contribution >= 0.6 is 0 Å². The second-order valence-electron chi connectivity index (χ2n) is 3.89. The maximum absolute atomic E-state index is 11.0. The monoisotopic (exact) mass is 170 g/mol. The third kappa shape index (κ3) is 1.61. The Labute approximate surface area is 73.9 Å². The Morgan fingerprint density at radius 2 is 2.08 bits per heavy atom. The summed E-state index contributed by atoms with van der Waals surface area (Å²) in [6.45, 7) is 6.37. The lowest BCUT2D eigenvalue weighted by molar-refractivity contribution is -0.123. The third-order valence-electron chi connectivity index (χ3n) is 2.65. The van der Waals surface area contributed by atoms with Crippen molar-refractivity contribution in [1.29, 1.82) is 0 Å². The van der Waals surface area contributed by atoms with E-state index in [4.69, 9.17) is 5.73 Å². The summed E-state index contributed by atoms with van der Waals surface area (Å²) in [7, 11) is 0. The fraction of sp³-hybridized carbons (Fsp3) is 0.889. The van der Waals surface area contributed by atoms with E-state index in [9.17, 15) is 4.79 Å². The van der Waals surface area contributed by atoms with Gasteiger partial charge in [0.05, 0.1) is 6.04 Å². The van der Waals surface area contributed by atoms with Gasteiger partial charge in [0.15, 0.2) is 0 Å². The highest BCUT2D eigenvalue weighted by Gasteiger charge is 2.35. The molecule has 2 unspecified atom stereocenters. The highest BCUT2D eigenvalue weighted by Crippen LogP contribution is 2.25. The minimum Gasteiger partial charge on any atom is -0.368 e. The number of nitrogens with two attached hydrogens (primary N) is 1. The summed E-state index contributed by atoms with van der Waals surface area (Å²) >= 11 is 0. The van der Waals surface area contributed by atoms with E-state index in [1.807, 2.05) is 0 Å². The Kier molecular flexibility index (Phi) is 2.73. The van der Waals surface area contributed by atoms with Crippen LogP contribution < -0.4 is 5.73 Å². The van der Waals surface area contributed by atoms with Crippen molar-refractivity contribution in [3.05, 3.63) is 0 Å². The molecule has 0 bridgehead atoms. The van der Waals surface area contributed by atoms with Gasteiger partial charge in [-0.2, -0.15) is 0 Å². The molecule has 1 heterocycles. The standard InChI is InChI=1S/C9H18N2O/c1-6(2)11-7(3)4-5-8(11)9(10)12/h6-8H,4-5H2,1-3H3,(H2,10,12). The Morgan fingerprint density at radius 1 is 1.50 bits per heavy atom. The van der Waals surface area contributed by atoms with Crippen molar-refractivity contribution in [3.63, 3.8) is 0 Å². The molecule has 0 saturated carbocycles. The molecule has 3 nitrogen and oxygen atoms in total. The molecule has 0 aromatic heterocycles. The van der Waals surface area contributed by atoms with Gasteiger partial charge < -0.3 is 5.73 Å². The Bertz CT molecular complexity index is 179. The molecule has 1 fully saturated rings. The van der Waals surface area contributed by atoms with E-state index in [1.54, 1.807) is 0 Å². The molecule has 1 aliphatic heterocycles. The summed E-state index contributed by atoms with van der Waals surface area (Å²) in [5.41, 5.74) is 5.31. The highest BCUT2D eigenvalue weighted by molar-refractivity contribution is 5.80. The molecule has 2 atom stereocenters. The van der Waals surface area contributed by atoms with Crippen molar-refractivity contribution in [2.75, 3.05) is 0 Å². The minimum absolute atomic E-state index is 0.0278. The number of amides is 1. The van der Waals surface area contributed by atoms with Crippen molar-refractivity contribution in [2.45, 2.75) is 51.7 Å². The van der Waals surface area contributed by atoms with E-state index in [0.29, 0.717) is 12.1 Å². The highest BCUT2D eigenvalue weighted by atomic mass is 16.1. The first-order chi connectivity index (χ1) is 5.54. The summed E-state index contributed by atoms with van der Waals surface area (Å²) in [5.74, 6) is -0.173. The van der Waals surface area contributed by atoms with Crippen LogP contribution in [0.15, 0.2) is 0 Å². The quantitative estimate of drug-likeness (QED) is 0.664. The number of carbonyl (C=O) groups is 1. The van der Waals surface area contributed by atoms with Gasteiger partial charge in [0.1, 0.15) is 0 Å². The first-order valence-corrected chi connectivity index (χ1v) is 4.60. The predicted octanol–water partition coefficient (Wildman–Crippen LogP) is 0.733. The lowest BCUT2D eigenvalue weighted by atomic mass is 10.2. The summed E-state index contributed by atoms with van der Waals surface area (Å²) in [4.78, 5) is 13.3. The smallest absolute Gasteiger partial charge is 0.234 e. The number of hydrogen-bond acceptors (Lipinski definition) is 2. The average Bonchev–Trinajstić information content (AvgIpc) is 2.30. The first-order valence-electron chi connectivity index (χ1n) is 4.60. The second kappa shape index (κ2) is 3.44. The third-order valence-corrected chi connectivity index (χ3v) is 2.65. The summed E-state index contributed by atoms with van der Waals surface area (Å²) in [5, 5.41) is 0. The SMILES string of the molecule is CC(C)N1C(C)CCC1C(N)=O. The molecule has 2 N–H and O–H groups in total. The first kappa shape index (κ1) is 9.52. The van der Waals surface area contributed by atoms with Gasteiger partial charge in [-0.25, -0.2) is 0 Å². The molecule has 0 spiro atoms. The van der Waals surface area contributed by atoms with E-state index < -0.39 is 0 Å². The van der Waals surface area contributed by atoms with Crippen molar-refractivity contribution in [1.82, 2.24) is 4.90 Å². The molecule has 1 saturated heterocycles. The van der Waals surface area contributed by atoms with Gasteiger partial charge in [-0.05, 0) is 33.6 Å². The van der Waals surface area contributed by atoms with Crippen LogP contribution in [0.3, 0.4) is 0 Å². The Hall–Kier alpha value is -0.570. The fourth-order valence-corrected chi connectivity index (χ4v) is 2.16. The topological polar surface area (TPSA) is 46.3 Å². The fourth-order valence-electron chi connectivity index (χ4n) is 2.16. The zero-order chi connectivity index (χ0) is 9.30. The number of carbonyl (C=O) groups excluding carboxylic acids is 1. The van der Waals surface area contributed by atoms with Gasteiger partial charge in [-0.3, -0.25) is 9.69 Å². The number of likely N-dealkylation sites (tertiary alicyclic amines) is 1. The molecule has 1 rings (SSSR count). The van der Waals surface area contributed by atoms with Gasteiger partial charge in [0.2, 0.25) is 5.91 Å². The molecular weight excluding hydrogens is 152 g/mol. The van der Waals surface area contributed by atoms with Crippen LogP contribution in [0.4, 0.5) is 0 Å². The Morgan fingerprint density at radius 3 is 2.42 bits per heavy atom. The van der Waals surface area contributed by atoms with Crippen LogP contribution in [0.5, 0.6) is 0 Å². The Balaban J connectivity index is 2.70. The van der Waals surface area contributed by atoms with Crippen LogP contribution in [0, 0.1) is 0 Å². The average molecular weight is 170 g/mol. The minimum atomic E-state index is -0.173. The molecule has 1 amide bonds. The van der Waals surface area contributed by atoms with Gasteiger partial charge in [0, 0.05) is 12.1 Å². The second-order valence-corrected chi connectivity index (χ2v) is 3.89. The molecule has 0 aliphatic carbocycles. The van der Waals surface area contributed by atoms with Crippen LogP contribution in [0.1, 0.15) is 33.6 Å². The van der Waals surface area contributed by atoms with Crippen molar-refractivity contribution in [2.24, 2.45) is 5.73 Å². The normalized spacial score (nSPS) is 31.3. The molecule has 0 aromatic rings. The summed E-state index contributed by atoms with van der Waals surface area (Å²) in [6.07, 6.45) is 2.01. The van der Waals surface area contributed by atoms with Crippen molar-refractivity contribution < 1.29 is 4.79 Å². The van der Waals surface area contributed by atoms with Gasteiger partial charge in [0.25, 0.3) is 0 Å². The van der Waals surface area contributed by atoms with E-state index in [1.165, 1.54) is 0 Å². The summed E-state index contributed by atoms with van der Waals surface area (Å²) < 4.78 is 0. The van der Waals surface area contributed by atoms with Gasteiger partial charge in [-0.1, -0.05) is 0 Å². The number of primary amides is 1. The molecule has 3 heteroatoms. The van der Waals surface area contributed by atoms with Crippen molar-refractivity contribution >= 4 is 5.91 Å². The predicted molar refractivity (Wildman–Crippen MR) is 48.7 cm³/mol. The summed E-state index contributed by atoms with van der Waals surface area (Å²) in [6, 6.07) is 0.891. The van der Waals surface area contributed by atoms with Gasteiger partial charge >= 0.3 is 0 Å². The van der Waals surface area contributed by atoms with E-state index in [2.05, 4.69) is 25.7 Å². The molecule has 1 aliphatic rings. The van der Waals surface area contributed by atoms with E-state index >= 15 is 0 Å². The zero-order valence-corrected chi connectivity index (χ0v) is 8.08. The lowest BCUT2D eigenvalue weighted by Crippen LogP contribution is -2.46. The van der Waals surface area contributed by atoms with Gasteiger partial charge in [-0.15, -0.1) is 0 Å². The van der Waals surface area contributed by atoms with Crippen LogP contribution in [0.25, 0.3) is 0 Å². The largest absolute Gasteiger partial charge is 0.368 e. The number of nitrogens with zero attached hydrogens (tertiary/aromatic N) is 1. The van der Waals surface area contributed by atoms with E-state index in [-0.39, 0.29) is 11.9 Å². The molecule has 0 radical (unpaired) electrons. The number of hydrogen-bond donors (Lipinski definition) is 1. The van der Waals surface area contributed by atoms with Crippen molar-refractivity contribution in [3.8, 4) is 0 Å². The van der Waals surface area contributed by atoms with Crippen LogP contribution in [0.2, 0.25) is 0 Å². The van der Waals surface area contributed by atoms with Crippen LogP contribution in [-0.2, 0) is 4.79 Å². The molecule has 12 heavy (non-hydrogen) atoms. The molecular formula is C9H18N2O. The number of rotatable bonds is 2. The molecule has 70 valence electrons. The zero-order valence-electron chi connectivity index (χ0n) is 8.08. The maximum atomic E-state index is 11.0. The van der Waals surface area contributed by atoms with E-state index in [0.717, 1.165) is 12.8 Å². The lowest BCUT2D eigenvalue weighted by Gasteiger charge is -2.30. The molecule has 0 aromatic carbocycles.